The third kappa shape index (κ3) is 4.06. The van der Waals surface area contributed by atoms with Crippen molar-refractivity contribution in [2.24, 2.45) is 11.3 Å². The van der Waals surface area contributed by atoms with Gasteiger partial charge in [-0.1, -0.05) is 67.1 Å². The van der Waals surface area contributed by atoms with Gasteiger partial charge in [-0.25, -0.2) is 4.79 Å². The van der Waals surface area contributed by atoms with Gasteiger partial charge in [0.05, 0.1) is 11.3 Å². The Kier molecular flexibility index (Phi) is 5.86. The zero-order chi connectivity index (χ0) is 23.7. The van der Waals surface area contributed by atoms with Gasteiger partial charge in [-0.2, -0.15) is 0 Å². The summed E-state index contributed by atoms with van der Waals surface area (Å²) in [5.41, 5.74) is 3.97. The maximum Gasteiger partial charge on any atom is 0.407 e. The number of benzene rings is 2. The summed E-state index contributed by atoms with van der Waals surface area (Å²) in [6.07, 6.45) is 5.46. The maximum absolute atomic E-state index is 12.9. The number of carbonyl (C=O) groups excluding carboxylic acids is 2. The van der Waals surface area contributed by atoms with E-state index < -0.39 is 23.4 Å². The summed E-state index contributed by atoms with van der Waals surface area (Å²) in [7, 11) is 0. The number of nitrogens with one attached hydrogen (secondary N) is 2. The van der Waals surface area contributed by atoms with Crippen LogP contribution in [0.3, 0.4) is 0 Å². The molecule has 34 heavy (non-hydrogen) atoms. The first-order valence-electron chi connectivity index (χ1n) is 11.8. The standard InChI is InChI=1S/C27H28N2O5/c30-24(31)17-10-11-18(14-17)29-25(32)27(12-5-13-27)16-28-26(33)34-15-23-21-8-3-1-6-19(21)20-7-2-4-9-22(20)23/h1-4,6-11,17-18,23H,5,12-16H2,(H,28,33)(H,29,32)(H,30,31). The Morgan fingerprint density at radius 2 is 1.62 bits per heavy atom. The van der Waals surface area contributed by atoms with Crippen LogP contribution in [0.25, 0.3) is 11.1 Å². The van der Waals surface area contributed by atoms with Gasteiger partial charge < -0.3 is 20.5 Å². The van der Waals surface area contributed by atoms with Crippen molar-refractivity contribution in [3.63, 3.8) is 0 Å². The van der Waals surface area contributed by atoms with Crippen LogP contribution < -0.4 is 10.6 Å². The number of hydrogen-bond donors (Lipinski definition) is 3. The van der Waals surface area contributed by atoms with Crippen LogP contribution in [0.2, 0.25) is 0 Å². The molecule has 0 aliphatic heterocycles. The van der Waals surface area contributed by atoms with E-state index in [2.05, 4.69) is 34.9 Å². The van der Waals surface area contributed by atoms with Crippen LogP contribution in [-0.4, -0.2) is 42.3 Å². The van der Waals surface area contributed by atoms with E-state index in [0.29, 0.717) is 19.3 Å². The van der Waals surface area contributed by atoms with Crippen molar-refractivity contribution in [3.05, 3.63) is 71.8 Å². The Bertz CT molecular complexity index is 1110. The third-order valence-electron chi connectivity index (χ3n) is 7.42. The first kappa shape index (κ1) is 22.2. The summed E-state index contributed by atoms with van der Waals surface area (Å²) in [5.74, 6) is -1.61. The van der Waals surface area contributed by atoms with Gasteiger partial charge in [0.25, 0.3) is 0 Å². The number of alkyl carbamates (subject to hydrolysis) is 1. The lowest BCUT2D eigenvalue weighted by Gasteiger charge is -2.40. The van der Waals surface area contributed by atoms with Crippen LogP contribution in [0.5, 0.6) is 0 Å². The second-order valence-electron chi connectivity index (χ2n) is 9.46. The van der Waals surface area contributed by atoms with Crippen LogP contribution in [-0.2, 0) is 14.3 Å². The number of amides is 2. The van der Waals surface area contributed by atoms with E-state index in [0.717, 1.165) is 17.5 Å². The van der Waals surface area contributed by atoms with Gasteiger partial charge in [0.1, 0.15) is 6.61 Å². The number of carboxylic acid groups (broad SMARTS) is 1. The summed E-state index contributed by atoms with van der Waals surface area (Å²) in [4.78, 5) is 36.6. The maximum atomic E-state index is 12.9. The molecule has 1 fully saturated rings. The van der Waals surface area contributed by atoms with Crippen molar-refractivity contribution < 1.29 is 24.2 Å². The Labute approximate surface area is 198 Å². The van der Waals surface area contributed by atoms with Gasteiger partial charge in [-0.15, -0.1) is 0 Å². The summed E-state index contributed by atoms with van der Waals surface area (Å²) in [6.45, 7) is 0.427. The average Bonchev–Trinajstić information content (AvgIpc) is 3.40. The topological polar surface area (TPSA) is 105 Å². The van der Waals surface area contributed by atoms with Crippen molar-refractivity contribution >= 4 is 18.0 Å². The van der Waals surface area contributed by atoms with Gasteiger partial charge in [-0.05, 0) is 41.5 Å². The van der Waals surface area contributed by atoms with Crippen LogP contribution in [0, 0.1) is 11.3 Å². The predicted molar refractivity (Wildman–Crippen MR) is 126 cm³/mol. The monoisotopic (exact) mass is 460 g/mol. The lowest BCUT2D eigenvalue weighted by Crippen LogP contribution is -2.54. The molecule has 2 aromatic carbocycles. The summed E-state index contributed by atoms with van der Waals surface area (Å²) < 4.78 is 5.60. The molecule has 0 aromatic heterocycles. The lowest BCUT2D eigenvalue weighted by molar-refractivity contribution is -0.141. The number of aliphatic carboxylic acids is 1. The lowest BCUT2D eigenvalue weighted by atomic mass is 9.68. The average molecular weight is 461 g/mol. The zero-order valence-corrected chi connectivity index (χ0v) is 18.8. The molecule has 0 bridgehead atoms. The Balaban J connectivity index is 1.16. The van der Waals surface area contributed by atoms with E-state index in [1.165, 1.54) is 11.1 Å². The smallest absolute Gasteiger partial charge is 0.407 e. The third-order valence-corrected chi connectivity index (χ3v) is 7.42. The number of ether oxygens (including phenoxy) is 1. The minimum Gasteiger partial charge on any atom is -0.481 e. The highest BCUT2D eigenvalue weighted by Gasteiger charge is 2.45. The van der Waals surface area contributed by atoms with E-state index >= 15 is 0 Å². The van der Waals surface area contributed by atoms with Crippen molar-refractivity contribution in [2.75, 3.05) is 13.2 Å². The van der Waals surface area contributed by atoms with Gasteiger partial charge >= 0.3 is 12.1 Å². The minimum absolute atomic E-state index is 0.0181. The van der Waals surface area contributed by atoms with Crippen LogP contribution in [0.15, 0.2) is 60.7 Å². The molecule has 3 N–H and O–H groups in total. The number of hydrogen-bond acceptors (Lipinski definition) is 4. The fourth-order valence-electron chi connectivity index (χ4n) is 5.29. The molecule has 3 aliphatic carbocycles. The number of rotatable bonds is 7. The van der Waals surface area contributed by atoms with Gasteiger partial charge in [-0.3, -0.25) is 9.59 Å². The number of fused-ring (bicyclic) bond motifs is 3. The van der Waals surface area contributed by atoms with Gasteiger partial charge in [0, 0.05) is 18.5 Å². The van der Waals surface area contributed by atoms with Gasteiger partial charge in [0.15, 0.2) is 0 Å². The Hall–Kier alpha value is -3.61. The molecule has 176 valence electrons. The van der Waals surface area contributed by atoms with Crippen LogP contribution >= 0.6 is 0 Å². The minimum atomic E-state index is -0.886. The molecule has 2 atom stereocenters. The molecule has 7 nitrogen and oxygen atoms in total. The quantitative estimate of drug-likeness (QED) is 0.545. The van der Waals surface area contributed by atoms with E-state index in [9.17, 15) is 14.4 Å². The highest BCUT2D eigenvalue weighted by molar-refractivity contribution is 5.85. The van der Waals surface area contributed by atoms with Crippen molar-refractivity contribution in [2.45, 2.75) is 37.6 Å². The highest BCUT2D eigenvalue weighted by Crippen LogP contribution is 2.44. The molecule has 7 heteroatoms. The molecule has 2 amide bonds. The highest BCUT2D eigenvalue weighted by atomic mass is 16.5. The number of carboxylic acids is 1. The predicted octanol–water partition coefficient (Wildman–Crippen LogP) is 3.84. The SMILES string of the molecule is O=C(NCC1(C(=O)NC2C=CC(C(=O)O)C2)CCC1)OCC1c2ccccc2-c2ccccc21. The fraction of sp³-hybridized carbons (Fsp3) is 0.370. The summed E-state index contributed by atoms with van der Waals surface area (Å²) >= 11 is 0. The molecule has 5 rings (SSSR count). The van der Waals surface area contributed by atoms with E-state index in [1.807, 2.05) is 24.3 Å². The van der Waals surface area contributed by atoms with E-state index in [-0.39, 0.29) is 31.0 Å². The molecule has 0 radical (unpaired) electrons. The summed E-state index contributed by atoms with van der Waals surface area (Å²) in [5, 5.41) is 14.9. The molecule has 0 heterocycles. The largest absolute Gasteiger partial charge is 0.481 e. The molecule has 2 aromatic rings. The first-order valence-corrected chi connectivity index (χ1v) is 11.8. The Morgan fingerprint density at radius 3 is 2.18 bits per heavy atom. The molecule has 2 unspecified atom stereocenters. The molecule has 0 saturated heterocycles. The second-order valence-corrected chi connectivity index (χ2v) is 9.46. The van der Waals surface area contributed by atoms with Crippen LogP contribution in [0.1, 0.15) is 42.7 Å². The molecular weight excluding hydrogens is 432 g/mol. The Morgan fingerprint density at radius 1 is 0.971 bits per heavy atom. The zero-order valence-electron chi connectivity index (χ0n) is 18.8. The van der Waals surface area contributed by atoms with Crippen LogP contribution in [0.4, 0.5) is 4.79 Å². The first-order chi connectivity index (χ1) is 16.5. The van der Waals surface area contributed by atoms with E-state index in [4.69, 9.17) is 9.84 Å². The van der Waals surface area contributed by atoms with Crippen molar-refractivity contribution in [1.29, 1.82) is 0 Å². The normalized spacial score (nSPS) is 21.8. The second kappa shape index (κ2) is 8.97. The summed E-state index contributed by atoms with van der Waals surface area (Å²) in [6, 6.07) is 16.0. The molecule has 1 saturated carbocycles. The van der Waals surface area contributed by atoms with Crippen molar-refractivity contribution in [1.82, 2.24) is 10.6 Å². The number of carbonyl (C=O) groups is 3. The van der Waals surface area contributed by atoms with E-state index in [1.54, 1.807) is 12.2 Å². The molecule has 3 aliphatic rings. The van der Waals surface area contributed by atoms with Crippen molar-refractivity contribution in [3.8, 4) is 11.1 Å². The molecular formula is C27H28N2O5. The molecule has 0 spiro atoms. The van der Waals surface area contributed by atoms with Gasteiger partial charge in [0.2, 0.25) is 5.91 Å². The fourth-order valence-corrected chi connectivity index (χ4v) is 5.29.